The van der Waals surface area contributed by atoms with Crippen LogP contribution in [-0.4, -0.2) is 27.9 Å². The van der Waals surface area contributed by atoms with Crippen molar-refractivity contribution in [3.63, 3.8) is 0 Å². The first-order valence-corrected chi connectivity index (χ1v) is 8.18. The highest BCUT2D eigenvalue weighted by Gasteiger charge is 2.13. The van der Waals surface area contributed by atoms with Gasteiger partial charge < -0.3 is 9.88 Å². The zero-order chi connectivity index (χ0) is 17.8. The fraction of sp³-hybridized carbons (Fsp3) is 0.211. The van der Waals surface area contributed by atoms with E-state index in [-0.39, 0.29) is 18.4 Å². The molecule has 0 saturated carbocycles. The molecule has 25 heavy (non-hydrogen) atoms. The molecule has 0 aliphatic carbocycles. The second kappa shape index (κ2) is 7.17. The first-order chi connectivity index (χ1) is 12.1. The number of aromatic nitrogens is 2. The molecule has 0 saturated heterocycles. The predicted molar refractivity (Wildman–Crippen MR) is 97.5 cm³/mol. The van der Waals surface area contributed by atoms with Gasteiger partial charge in [-0.2, -0.15) is 0 Å². The van der Waals surface area contributed by atoms with E-state index in [9.17, 15) is 9.59 Å². The molecule has 2 aromatic carbocycles. The maximum Gasteiger partial charge on any atom is 0.251 e. The minimum Gasteiger partial charge on any atom is -0.343 e. The summed E-state index contributed by atoms with van der Waals surface area (Å²) in [6.07, 6.45) is 0. The minimum absolute atomic E-state index is 0.111. The summed E-state index contributed by atoms with van der Waals surface area (Å²) in [5.41, 5.74) is 3.39. The molecular weight excluding hydrogens is 316 g/mol. The Morgan fingerprint density at radius 1 is 1.08 bits per heavy atom. The number of rotatable bonds is 5. The molecule has 3 rings (SSSR count). The average Bonchev–Trinajstić information content (AvgIpc) is 2.97. The number of hydrogen-bond acceptors (Lipinski definition) is 3. The lowest BCUT2D eigenvalue weighted by atomic mass is 10.1. The van der Waals surface area contributed by atoms with E-state index >= 15 is 0 Å². The van der Waals surface area contributed by atoms with E-state index in [4.69, 9.17) is 0 Å². The van der Waals surface area contributed by atoms with Crippen LogP contribution in [0.1, 0.15) is 22.8 Å². The molecule has 3 aromatic rings. The standard InChI is InChI=1S/C19H20N4O2/c1-3-23-16-7-5-4-6-15(16)21-19(23)22-17(24)12-20-18(25)14-10-8-13(2)9-11-14/h4-11H,3,12H2,1-2H3,(H,20,25)(H,21,22,24). The van der Waals surface area contributed by atoms with Crippen molar-refractivity contribution >= 4 is 28.8 Å². The number of imidazole rings is 1. The van der Waals surface area contributed by atoms with Crippen molar-refractivity contribution in [3.8, 4) is 0 Å². The van der Waals surface area contributed by atoms with E-state index in [0.717, 1.165) is 16.6 Å². The van der Waals surface area contributed by atoms with Gasteiger partial charge in [0, 0.05) is 12.1 Å². The molecule has 0 radical (unpaired) electrons. The van der Waals surface area contributed by atoms with Crippen LogP contribution in [0.5, 0.6) is 0 Å². The average molecular weight is 336 g/mol. The molecule has 0 bridgehead atoms. The van der Waals surface area contributed by atoms with Crippen molar-refractivity contribution in [2.24, 2.45) is 0 Å². The van der Waals surface area contributed by atoms with Crippen LogP contribution in [-0.2, 0) is 11.3 Å². The van der Waals surface area contributed by atoms with E-state index in [1.54, 1.807) is 12.1 Å². The van der Waals surface area contributed by atoms with Crippen molar-refractivity contribution < 1.29 is 9.59 Å². The molecule has 0 aliphatic heterocycles. The third-order valence-electron chi connectivity index (χ3n) is 3.95. The Bertz CT molecular complexity index is 913. The largest absolute Gasteiger partial charge is 0.343 e. The van der Waals surface area contributed by atoms with Gasteiger partial charge in [-0.3, -0.25) is 14.9 Å². The SMILES string of the molecule is CCn1c(NC(=O)CNC(=O)c2ccc(C)cc2)nc2ccccc21. The summed E-state index contributed by atoms with van der Waals surface area (Å²) >= 11 is 0. The molecule has 0 atom stereocenters. The normalized spacial score (nSPS) is 10.6. The van der Waals surface area contributed by atoms with Crippen molar-refractivity contribution in [1.82, 2.24) is 14.9 Å². The molecular formula is C19H20N4O2. The van der Waals surface area contributed by atoms with Crippen LogP contribution in [0.2, 0.25) is 0 Å². The Hall–Kier alpha value is -3.15. The minimum atomic E-state index is -0.314. The number of amides is 2. The zero-order valence-electron chi connectivity index (χ0n) is 14.2. The number of fused-ring (bicyclic) bond motifs is 1. The van der Waals surface area contributed by atoms with Crippen LogP contribution >= 0.6 is 0 Å². The molecule has 2 amide bonds. The van der Waals surface area contributed by atoms with Gasteiger partial charge in [0.25, 0.3) is 5.91 Å². The van der Waals surface area contributed by atoms with Crippen LogP contribution in [0, 0.1) is 6.92 Å². The molecule has 2 N–H and O–H groups in total. The van der Waals surface area contributed by atoms with Gasteiger partial charge in [-0.15, -0.1) is 0 Å². The summed E-state index contributed by atoms with van der Waals surface area (Å²) in [5, 5.41) is 5.39. The van der Waals surface area contributed by atoms with Crippen molar-refractivity contribution in [3.05, 3.63) is 59.7 Å². The van der Waals surface area contributed by atoms with E-state index in [1.807, 2.05) is 54.8 Å². The van der Waals surface area contributed by atoms with Crippen LogP contribution in [0.3, 0.4) is 0 Å². The number of nitrogens with zero attached hydrogens (tertiary/aromatic N) is 2. The molecule has 0 unspecified atom stereocenters. The van der Waals surface area contributed by atoms with Crippen LogP contribution in [0.4, 0.5) is 5.95 Å². The van der Waals surface area contributed by atoms with E-state index in [0.29, 0.717) is 18.1 Å². The number of hydrogen-bond donors (Lipinski definition) is 2. The second-order valence-corrected chi connectivity index (χ2v) is 5.77. The summed E-state index contributed by atoms with van der Waals surface area (Å²) < 4.78 is 1.93. The lowest BCUT2D eigenvalue weighted by Gasteiger charge is -2.08. The monoisotopic (exact) mass is 336 g/mol. The van der Waals surface area contributed by atoms with Crippen LogP contribution < -0.4 is 10.6 Å². The summed E-state index contributed by atoms with van der Waals surface area (Å²) in [6, 6.07) is 14.9. The second-order valence-electron chi connectivity index (χ2n) is 5.77. The van der Waals surface area contributed by atoms with Gasteiger partial charge in [0.05, 0.1) is 17.6 Å². The van der Waals surface area contributed by atoms with Crippen LogP contribution in [0.15, 0.2) is 48.5 Å². The van der Waals surface area contributed by atoms with Gasteiger partial charge in [0.1, 0.15) is 0 Å². The van der Waals surface area contributed by atoms with E-state index in [1.165, 1.54) is 0 Å². The summed E-state index contributed by atoms with van der Waals surface area (Å²) in [4.78, 5) is 28.7. The maximum absolute atomic E-state index is 12.2. The number of benzene rings is 2. The number of anilines is 1. The molecule has 6 heteroatoms. The fourth-order valence-electron chi connectivity index (χ4n) is 2.63. The Balaban J connectivity index is 1.65. The molecule has 1 heterocycles. The van der Waals surface area contributed by atoms with Gasteiger partial charge in [-0.25, -0.2) is 4.98 Å². The fourth-order valence-corrected chi connectivity index (χ4v) is 2.63. The van der Waals surface area contributed by atoms with Crippen molar-refractivity contribution in [2.75, 3.05) is 11.9 Å². The smallest absolute Gasteiger partial charge is 0.251 e. The van der Waals surface area contributed by atoms with E-state index < -0.39 is 0 Å². The van der Waals surface area contributed by atoms with Crippen molar-refractivity contribution in [1.29, 1.82) is 0 Å². The quantitative estimate of drug-likeness (QED) is 0.752. The lowest BCUT2D eigenvalue weighted by Crippen LogP contribution is -2.33. The Morgan fingerprint density at radius 2 is 1.80 bits per heavy atom. The number of nitrogens with one attached hydrogen (secondary N) is 2. The highest BCUT2D eigenvalue weighted by Crippen LogP contribution is 2.19. The number of carbonyl (C=O) groups is 2. The first-order valence-electron chi connectivity index (χ1n) is 8.18. The predicted octanol–water partition coefficient (Wildman–Crippen LogP) is 2.73. The topological polar surface area (TPSA) is 76.0 Å². The highest BCUT2D eigenvalue weighted by atomic mass is 16.2. The van der Waals surface area contributed by atoms with Gasteiger partial charge in [-0.05, 0) is 38.1 Å². The van der Waals surface area contributed by atoms with Gasteiger partial charge in [0.15, 0.2) is 0 Å². The summed E-state index contributed by atoms with van der Waals surface area (Å²) in [7, 11) is 0. The number of carbonyl (C=O) groups excluding carboxylic acids is 2. The molecule has 0 fully saturated rings. The van der Waals surface area contributed by atoms with Gasteiger partial charge in [-0.1, -0.05) is 29.8 Å². The van der Waals surface area contributed by atoms with Crippen LogP contribution in [0.25, 0.3) is 11.0 Å². The molecule has 128 valence electrons. The summed E-state index contributed by atoms with van der Waals surface area (Å²) in [5.74, 6) is -0.108. The lowest BCUT2D eigenvalue weighted by molar-refractivity contribution is -0.115. The number of para-hydroxylation sites is 2. The molecule has 6 nitrogen and oxygen atoms in total. The summed E-state index contributed by atoms with van der Waals surface area (Å²) in [6.45, 7) is 4.52. The van der Waals surface area contributed by atoms with Gasteiger partial charge >= 0.3 is 0 Å². The van der Waals surface area contributed by atoms with Crippen molar-refractivity contribution in [2.45, 2.75) is 20.4 Å². The molecule has 0 spiro atoms. The zero-order valence-corrected chi connectivity index (χ0v) is 14.2. The van der Waals surface area contributed by atoms with E-state index in [2.05, 4.69) is 15.6 Å². The molecule has 0 aliphatic rings. The third-order valence-corrected chi connectivity index (χ3v) is 3.95. The maximum atomic E-state index is 12.2. The third kappa shape index (κ3) is 3.68. The van der Waals surface area contributed by atoms with Gasteiger partial charge in [0.2, 0.25) is 11.9 Å². The Morgan fingerprint density at radius 3 is 2.52 bits per heavy atom. The Labute approximate surface area is 145 Å². The first kappa shape index (κ1) is 16.7. The Kier molecular flexibility index (Phi) is 4.79. The number of aryl methyl sites for hydroxylation is 2. The highest BCUT2D eigenvalue weighted by molar-refractivity contribution is 5.99. The molecule has 1 aromatic heterocycles.